The third kappa shape index (κ3) is 3.81. The van der Waals surface area contributed by atoms with Gasteiger partial charge in [-0.3, -0.25) is 14.7 Å². The van der Waals surface area contributed by atoms with Gasteiger partial charge in [-0.2, -0.15) is 0 Å². The van der Waals surface area contributed by atoms with E-state index in [1.165, 1.54) is 6.07 Å². The molecule has 0 radical (unpaired) electrons. The van der Waals surface area contributed by atoms with Crippen LogP contribution in [0.15, 0.2) is 18.2 Å². The molecule has 1 aromatic carbocycles. The van der Waals surface area contributed by atoms with Gasteiger partial charge < -0.3 is 9.64 Å². The van der Waals surface area contributed by atoms with E-state index < -0.39 is 5.60 Å². The summed E-state index contributed by atoms with van der Waals surface area (Å²) >= 11 is 0. The van der Waals surface area contributed by atoms with Gasteiger partial charge in [0.25, 0.3) is 5.69 Å². The number of carbonyl (C=O) groups excluding carboxylic acids is 1. The minimum atomic E-state index is -0.508. The highest BCUT2D eigenvalue weighted by Gasteiger charge is 2.32. The first kappa shape index (κ1) is 19.4. The topological polar surface area (TPSA) is 103 Å². The zero-order chi connectivity index (χ0) is 20.8. The number of hydrogen-bond acceptors (Lipinski definition) is 6. The van der Waals surface area contributed by atoms with Gasteiger partial charge in [-0.05, 0) is 51.7 Å². The predicted molar refractivity (Wildman–Crippen MR) is 105 cm³/mol. The second kappa shape index (κ2) is 7.13. The van der Waals surface area contributed by atoms with Gasteiger partial charge in [-0.25, -0.2) is 4.79 Å². The maximum Gasteiger partial charge on any atom is 0.410 e. The van der Waals surface area contributed by atoms with Gasteiger partial charge in [0, 0.05) is 37.6 Å². The largest absolute Gasteiger partial charge is 0.444 e. The third-order valence-electron chi connectivity index (χ3n) is 5.40. The van der Waals surface area contributed by atoms with Crippen LogP contribution in [0.1, 0.15) is 56.7 Å². The minimum absolute atomic E-state index is 0.104. The molecule has 2 aliphatic heterocycles. The zero-order valence-electron chi connectivity index (χ0n) is 16.9. The van der Waals surface area contributed by atoms with Crippen molar-refractivity contribution in [1.29, 1.82) is 0 Å². The lowest BCUT2D eigenvalue weighted by Crippen LogP contribution is -2.41. The molecule has 29 heavy (non-hydrogen) atoms. The van der Waals surface area contributed by atoms with Gasteiger partial charge in [0.1, 0.15) is 17.2 Å². The Morgan fingerprint density at radius 2 is 1.93 bits per heavy atom. The van der Waals surface area contributed by atoms with Gasteiger partial charge in [0.05, 0.1) is 10.6 Å². The van der Waals surface area contributed by atoms with Gasteiger partial charge in [0.15, 0.2) is 0 Å². The summed E-state index contributed by atoms with van der Waals surface area (Å²) in [5, 5.41) is 19.9. The van der Waals surface area contributed by atoms with Gasteiger partial charge in [-0.15, -0.1) is 10.2 Å². The molecule has 1 amide bonds. The summed E-state index contributed by atoms with van der Waals surface area (Å²) in [5.74, 6) is 1.94. The van der Waals surface area contributed by atoms with Crippen LogP contribution >= 0.6 is 0 Å². The van der Waals surface area contributed by atoms with E-state index in [0.29, 0.717) is 25.9 Å². The lowest BCUT2D eigenvalue weighted by molar-refractivity contribution is -0.384. The van der Waals surface area contributed by atoms with Crippen molar-refractivity contribution in [3.63, 3.8) is 0 Å². The number of nitro benzene ring substituents is 1. The molecule has 154 valence electrons. The maximum atomic E-state index is 12.3. The first-order valence-electron chi connectivity index (χ1n) is 9.93. The highest BCUT2D eigenvalue weighted by molar-refractivity contribution is 5.68. The molecular weight excluding hydrogens is 374 g/mol. The van der Waals surface area contributed by atoms with Gasteiger partial charge >= 0.3 is 6.09 Å². The Balaban J connectivity index is 1.54. The summed E-state index contributed by atoms with van der Waals surface area (Å²) in [6.45, 7) is 6.80. The average molecular weight is 399 g/mol. The number of nitro groups is 1. The van der Waals surface area contributed by atoms with Crippen molar-refractivity contribution >= 4 is 11.8 Å². The molecule has 2 aliphatic rings. The number of non-ortho nitro benzene ring substituents is 1. The van der Waals surface area contributed by atoms with E-state index in [0.717, 1.165) is 35.7 Å². The van der Waals surface area contributed by atoms with E-state index in [-0.39, 0.29) is 22.6 Å². The number of amides is 1. The van der Waals surface area contributed by atoms with Crippen LogP contribution < -0.4 is 0 Å². The van der Waals surface area contributed by atoms with Gasteiger partial charge in [0.2, 0.25) is 0 Å². The molecule has 3 heterocycles. The van der Waals surface area contributed by atoms with Crippen molar-refractivity contribution in [2.24, 2.45) is 0 Å². The predicted octanol–water partition coefficient (Wildman–Crippen LogP) is 3.39. The van der Waals surface area contributed by atoms with Crippen LogP contribution in [0, 0.1) is 10.1 Å². The highest BCUT2D eigenvalue weighted by atomic mass is 16.6. The first-order valence-corrected chi connectivity index (χ1v) is 9.93. The van der Waals surface area contributed by atoms with Crippen molar-refractivity contribution in [1.82, 2.24) is 19.7 Å². The van der Waals surface area contributed by atoms with E-state index in [1.807, 2.05) is 20.8 Å². The highest BCUT2D eigenvalue weighted by Crippen LogP contribution is 2.34. The fourth-order valence-electron chi connectivity index (χ4n) is 4.02. The SMILES string of the molecule is CC(C)(C)OC(=O)N1CCC(c2nnc3n2-c2ccc([N+](=O)[O-])cc2CC3)CC1. The summed E-state index contributed by atoms with van der Waals surface area (Å²) in [7, 11) is 0. The lowest BCUT2D eigenvalue weighted by atomic mass is 9.95. The Labute approximate surface area is 168 Å². The van der Waals surface area contributed by atoms with E-state index in [1.54, 1.807) is 17.0 Å². The Hall–Kier alpha value is -2.97. The molecule has 9 heteroatoms. The summed E-state index contributed by atoms with van der Waals surface area (Å²) in [5.41, 5.74) is 1.46. The molecule has 2 aromatic rings. The molecule has 1 saturated heterocycles. The van der Waals surface area contributed by atoms with Crippen LogP contribution in [-0.2, 0) is 17.6 Å². The number of aromatic nitrogens is 3. The van der Waals surface area contributed by atoms with Crippen LogP contribution in [0.2, 0.25) is 0 Å². The Bertz CT molecular complexity index is 954. The number of ether oxygens (including phenoxy) is 1. The number of nitrogens with zero attached hydrogens (tertiary/aromatic N) is 5. The Morgan fingerprint density at radius 1 is 1.21 bits per heavy atom. The summed E-state index contributed by atoms with van der Waals surface area (Å²) in [6.07, 6.45) is 2.70. The minimum Gasteiger partial charge on any atom is -0.444 e. The lowest BCUT2D eigenvalue weighted by Gasteiger charge is -2.33. The molecule has 0 saturated carbocycles. The Morgan fingerprint density at radius 3 is 2.59 bits per heavy atom. The molecule has 0 atom stereocenters. The molecule has 9 nitrogen and oxygen atoms in total. The van der Waals surface area contributed by atoms with Crippen LogP contribution in [0.25, 0.3) is 5.69 Å². The second-order valence-corrected chi connectivity index (χ2v) is 8.62. The molecular formula is C20H25N5O4. The number of aryl methyl sites for hydroxylation is 2. The third-order valence-corrected chi connectivity index (χ3v) is 5.40. The molecule has 0 N–H and O–H groups in total. The molecule has 4 rings (SSSR count). The number of likely N-dealkylation sites (tertiary alicyclic amines) is 1. The molecule has 1 fully saturated rings. The monoisotopic (exact) mass is 399 g/mol. The van der Waals surface area contributed by atoms with E-state index in [9.17, 15) is 14.9 Å². The number of carbonyl (C=O) groups is 1. The van der Waals surface area contributed by atoms with Crippen molar-refractivity contribution in [2.75, 3.05) is 13.1 Å². The number of piperidine rings is 1. The molecule has 1 aromatic heterocycles. The Kier molecular flexibility index (Phi) is 4.76. The quantitative estimate of drug-likeness (QED) is 0.566. The maximum absolute atomic E-state index is 12.3. The van der Waals surface area contributed by atoms with E-state index in [2.05, 4.69) is 14.8 Å². The number of benzene rings is 1. The summed E-state index contributed by atoms with van der Waals surface area (Å²) in [4.78, 5) is 24.8. The average Bonchev–Trinajstić information content (AvgIpc) is 3.11. The van der Waals surface area contributed by atoms with Crippen LogP contribution in [0.5, 0.6) is 0 Å². The number of hydrogen-bond donors (Lipinski definition) is 0. The molecule has 0 unspecified atom stereocenters. The molecule has 0 bridgehead atoms. The van der Waals surface area contributed by atoms with Crippen LogP contribution in [0.3, 0.4) is 0 Å². The zero-order valence-corrected chi connectivity index (χ0v) is 16.9. The fourth-order valence-corrected chi connectivity index (χ4v) is 4.02. The normalized spacial score (nSPS) is 16.9. The number of rotatable bonds is 2. The number of fused-ring (bicyclic) bond motifs is 3. The molecule has 0 spiro atoms. The second-order valence-electron chi connectivity index (χ2n) is 8.62. The van der Waals surface area contributed by atoms with E-state index >= 15 is 0 Å². The first-order chi connectivity index (χ1) is 13.7. The smallest absolute Gasteiger partial charge is 0.410 e. The van der Waals surface area contributed by atoms with Crippen molar-refractivity contribution in [3.05, 3.63) is 45.5 Å². The summed E-state index contributed by atoms with van der Waals surface area (Å²) < 4.78 is 7.52. The van der Waals surface area contributed by atoms with Crippen molar-refractivity contribution in [3.8, 4) is 5.69 Å². The summed E-state index contributed by atoms with van der Waals surface area (Å²) in [6, 6.07) is 4.97. The molecule has 0 aliphatic carbocycles. The van der Waals surface area contributed by atoms with Crippen molar-refractivity contribution < 1.29 is 14.5 Å². The van der Waals surface area contributed by atoms with Crippen LogP contribution in [0.4, 0.5) is 10.5 Å². The van der Waals surface area contributed by atoms with Gasteiger partial charge in [-0.1, -0.05) is 0 Å². The fraction of sp³-hybridized carbons (Fsp3) is 0.550. The standard InChI is InChI=1S/C20H25N5O4/c1-20(2,3)29-19(26)23-10-8-13(9-11-23)18-22-21-17-7-4-14-12-15(25(27)28)5-6-16(14)24(17)18/h5-6,12-13H,4,7-11H2,1-3H3. The van der Waals surface area contributed by atoms with Crippen molar-refractivity contribution in [2.45, 2.75) is 58.0 Å². The van der Waals surface area contributed by atoms with Crippen LogP contribution in [-0.4, -0.2) is 49.4 Å². The van der Waals surface area contributed by atoms with E-state index in [4.69, 9.17) is 4.74 Å².